The van der Waals surface area contributed by atoms with Gasteiger partial charge in [-0.15, -0.1) is 0 Å². The lowest BCUT2D eigenvalue weighted by Gasteiger charge is -2.09. The largest absolute Gasteiger partial charge is 0.326 e. The molecular formula is C13H17N3O3S. The number of piperidine rings is 1. The van der Waals surface area contributed by atoms with Gasteiger partial charge in [-0.2, -0.15) is 0 Å². The molecule has 1 amide bonds. The van der Waals surface area contributed by atoms with Gasteiger partial charge >= 0.3 is 0 Å². The molecule has 3 N–H and O–H groups in total. The van der Waals surface area contributed by atoms with Crippen molar-refractivity contribution in [2.24, 2.45) is 11.8 Å². The molecule has 1 aromatic carbocycles. The third-order valence-corrected chi connectivity index (χ3v) is 5.34. The molecule has 1 saturated carbocycles. The predicted octanol–water partition coefficient (Wildman–Crippen LogP) is 0.141. The number of carbonyl (C=O) groups excluding carboxylic acids is 1. The molecule has 1 aliphatic heterocycles. The van der Waals surface area contributed by atoms with Gasteiger partial charge in [0.2, 0.25) is 15.9 Å². The molecule has 108 valence electrons. The van der Waals surface area contributed by atoms with E-state index in [1.54, 1.807) is 12.1 Å². The van der Waals surface area contributed by atoms with Crippen LogP contribution >= 0.6 is 0 Å². The van der Waals surface area contributed by atoms with Crippen molar-refractivity contribution < 1.29 is 13.2 Å². The highest BCUT2D eigenvalue weighted by molar-refractivity contribution is 7.89. The Balaban J connectivity index is 1.69. The molecule has 0 spiro atoms. The van der Waals surface area contributed by atoms with Crippen LogP contribution in [0.4, 0.5) is 5.69 Å². The summed E-state index contributed by atoms with van der Waals surface area (Å²) in [7, 11) is -3.47. The fourth-order valence-corrected chi connectivity index (χ4v) is 4.10. The van der Waals surface area contributed by atoms with Gasteiger partial charge in [-0.1, -0.05) is 0 Å². The summed E-state index contributed by atoms with van der Waals surface area (Å²) >= 11 is 0. The molecule has 1 heterocycles. The van der Waals surface area contributed by atoms with Gasteiger partial charge in [0, 0.05) is 18.7 Å². The standard InChI is InChI=1S/C13H17N3O3S/c1-8(17)15-9-2-4-10(5-3-9)20(18,19)16-13-11-6-14-7-12(11)13/h2-5,11-14,16H,6-7H2,1H3,(H,15,17). The van der Waals surface area contributed by atoms with Gasteiger partial charge < -0.3 is 10.6 Å². The highest BCUT2D eigenvalue weighted by Crippen LogP contribution is 2.42. The van der Waals surface area contributed by atoms with Crippen LogP contribution in [0.5, 0.6) is 0 Å². The van der Waals surface area contributed by atoms with E-state index in [1.165, 1.54) is 19.1 Å². The van der Waals surface area contributed by atoms with E-state index in [9.17, 15) is 13.2 Å². The van der Waals surface area contributed by atoms with Crippen molar-refractivity contribution in [3.63, 3.8) is 0 Å². The maximum absolute atomic E-state index is 12.2. The molecule has 3 rings (SSSR count). The maximum atomic E-state index is 12.2. The maximum Gasteiger partial charge on any atom is 0.240 e. The van der Waals surface area contributed by atoms with E-state index < -0.39 is 10.0 Å². The van der Waals surface area contributed by atoms with Crippen molar-refractivity contribution in [3.8, 4) is 0 Å². The number of fused-ring (bicyclic) bond motifs is 1. The van der Waals surface area contributed by atoms with Crippen molar-refractivity contribution in [1.29, 1.82) is 0 Å². The number of nitrogens with one attached hydrogen (secondary N) is 3. The zero-order valence-electron chi connectivity index (χ0n) is 11.1. The van der Waals surface area contributed by atoms with E-state index in [-0.39, 0.29) is 16.8 Å². The summed E-state index contributed by atoms with van der Waals surface area (Å²) in [6.45, 7) is 3.19. The van der Waals surface area contributed by atoms with Gasteiger partial charge in [0.25, 0.3) is 0 Å². The van der Waals surface area contributed by atoms with Crippen molar-refractivity contribution in [2.75, 3.05) is 18.4 Å². The van der Waals surface area contributed by atoms with Gasteiger partial charge in [0.1, 0.15) is 0 Å². The summed E-state index contributed by atoms with van der Waals surface area (Å²) < 4.78 is 27.2. The van der Waals surface area contributed by atoms with Crippen LogP contribution in [-0.2, 0) is 14.8 Å². The van der Waals surface area contributed by atoms with Gasteiger partial charge in [-0.25, -0.2) is 13.1 Å². The first-order valence-electron chi connectivity index (χ1n) is 6.58. The number of amides is 1. The molecule has 0 aromatic heterocycles. The Kier molecular flexibility index (Phi) is 3.27. The zero-order valence-corrected chi connectivity index (χ0v) is 11.9. The fraction of sp³-hybridized carbons (Fsp3) is 0.462. The van der Waals surface area contributed by atoms with E-state index in [1.807, 2.05) is 0 Å². The molecule has 20 heavy (non-hydrogen) atoms. The smallest absolute Gasteiger partial charge is 0.240 e. The Labute approximate surface area is 118 Å². The van der Waals surface area contributed by atoms with Crippen LogP contribution in [0.15, 0.2) is 29.2 Å². The quantitative estimate of drug-likeness (QED) is 0.737. The number of benzene rings is 1. The lowest BCUT2D eigenvalue weighted by Crippen LogP contribution is -2.32. The highest BCUT2D eigenvalue weighted by Gasteiger charge is 2.54. The van der Waals surface area contributed by atoms with Crippen molar-refractivity contribution in [3.05, 3.63) is 24.3 Å². The molecular weight excluding hydrogens is 278 g/mol. The van der Waals surface area contributed by atoms with Crippen LogP contribution < -0.4 is 15.4 Å². The lowest BCUT2D eigenvalue weighted by molar-refractivity contribution is -0.114. The van der Waals surface area contributed by atoms with Gasteiger partial charge in [-0.05, 0) is 49.2 Å². The third-order valence-electron chi connectivity index (χ3n) is 3.87. The Morgan fingerprint density at radius 3 is 2.35 bits per heavy atom. The summed E-state index contributed by atoms with van der Waals surface area (Å²) in [5.74, 6) is 0.684. The Morgan fingerprint density at radius 1 is 1.20 bits per heavy atom. The van der Waals surface area contributed by atoms with Crippen LogP contribution in [-0.4, -0.2) is 33.5 Å². The topological polar surface area (TPSA) is 87.3 Å². The van der Waals surface area contributed by atoms with Crippen LogP contribution in [0.1, 0.15) is 6.92 Å². The second-order valence-electron chi connectivity index (χ2n) is 5.34. The van der Waals surface area contributed by atoms with Crippen LogP contribution in [0.25, 0.3) is 0 Å². The molecule has 7 heteroatoms. The summed E-state index contributed by atoms with van der Waals surface area (Å²) in [6, 6.07) is 6.25. The fourth-order valence-electron chi connectivity index (χ4n) is 2.76. The highest BCUT2D eigenvalue weighted by atomic mass is 32.2. The van der Waals surface area contributed by atoms with Crippen LogP contribution in [0.3, 0.4) is 0 Å². The number of hydrogen-bond donors (Lipinski definition) is 3. The average Bonchev–Trinajstić information content (AvgIpc) is 2.83. The summed E-state index contributed by atoms with van der Waals surface area (Å²) in [5.41, 5.74) is 0.587. The van der Waals surface area contributed by atoms with E-state index in [4.69, 9.17) is 0 Å². The first-order valence-corrected chi connectivity index (χ1v) is 8.06. The molecule has 6 nitrogen and oxygen atoms in total. The first-order chi connectivity index (χ1) is 9.47. The molecule has 2 fully saturated rings. The molecule has 2 aliphatic rings. The minimum Gasteiger partial charge on any atom is -0.326 e. The third kappa shape index (κ3) is 2.56. The number of sulfonamides is 1. The molecule has 2 unspecified atom stereocenters. The lowest BCUT2D eigenvalue weighted by atomic mass is 10.3. The number of rotatable bonds is 4. The van der Waals surface area contributed by atoms with E-state index in [0.29, 0.717) is 17.5 Å². The monoisotopic (exact) mass is 295 g/mol. The van der Waals surface area contributed by atoms with Gasteiger partial charge in [0.15, 0.2) is 0 Å². The molecule has 1 aliphatic carbocycles. The molecule has 0 radical (unpaired) electrons. The second kappa shape index (κ2) is 4.83. The molecule has 1 saturated heterocycles. The van der Waals surface area contributed by atoms with Gasteiger partial charge in [-0.3, -0.25) is 4.79 Å². The summed E-state index contributed by atoms with van der Waals surface area (Å²) in [6.07, 6.45) is 0. The van der Waals surface area contributed by atoms with Crippen molar-refractivity contribution in [2.45, 2.75) is 17.9 Å². The normalized spacial score (nSPS) is 27.9. The van der Waals surface area contributed by atoms with Crippen LogP contribution in [0.2, 0.25) is 0 Å². The second-order valence-corrected chi connectivity index (χ2v) is 7.05. The number of anilines is 1. The summed E-state index contributed by atoms with van der Waals surface area (Å²) in [4.78, 5) is 11.1. The van der Waals surface area contributed by atoms with E-state index in [2.05, 4.69) is 15.4 Å². The van der Waals surface area contributed by atoms with Crippen molar-refractivity contribution in [1.82, 2.24) is 10.0 Å². The number of carbonyl (C=O) groups is 1. The van der Waals surface area contributed by atoms with Crippen molar-refractivity contribution >= 4 is 21.6 Å². The van der Waals surface area contributed by atoms with Crippen LogP contribution in [0, 0.1) is 11.8 Å². The predicted molar refractivity (Wildman–Crippen MR) is 74.7 cm³/mol. The number of hydrogen-bond acceptors (Lipinski definition) is 4. The molecule has 2 atom stereocenters. The Hall–Kier alpha value is -1.44. The van der Waals surface area contributed by atoms with Gasteiger partial charge in [0.05, 0.1) is 4.90 Å². The first kappa shape index (κ1) is 13.5. The minimum atomic E-state index is -3.47. The molecule has 0 bridgehead atoms. The van der Waals surface area contributed by atoms with E-state index in [0.717, 1.165) is 13.1 Å². The van der Waals surface area contributed by atoms with E-state index >= 15 is 0 Å². The summed E-state index contributed by atoms with van der Waals surface area (Å²) in [5, 5.41) is 5.83. The minimum absolute atomic E-state index is 0.0660. The average molecular weight is 295 g/mol. The molecule has 1 aromatic rings. The Bertz CT molecular complexity index is 617. The SMILES string of the molecule is CC(=O)Nc1ccc(S(=O)(=O)NC2C3CNCC32)cc1. The zero-order chi connectivity index (χ0) is 14.3. The Morgan fingerprint density at radius 2 is 1.80 bits per heavy atom.